The fraction of sp³-hybridized carbons (Fsp3) is 1.00. The highest BCUT2D eigenvalue weighted by Gasteiger charge is 2.49. The Labute approximate surface area is 134 Å². The first kappa shape index (κ1) is 18.9. The minimum Gasteiger partial charge on any atom is -0.337 e. The summed E-state index contributed by atoms with van der Waals surface area (Å²) >= 11 is 0. The van der Waals surface area contributed by atoms with Crippen LogP contribution in [0, 0.1) is 0 Å². The van der Waals surface area contributed by atoms with Crippen molar-refractivity contribution in [3.05, 3.63) is 0 Å². The Morgan fingerprint density at radius 1 is 0.600 bits per heavy atom. The SMILES string of the molecule is CN1[Si]N[Si]N(C)[Si](C)(C)N(C)[Si](C)(C)N(C)[Si]1(C)C. The standard InChI is InChI=1S/C10H31N5Si5/c1-12-16-11-17-13(2)19(7,8)15(4)20(9,10)14(3)18(12,5)6/h11H,1-10H3. The van der Waals surface area contributed by atoms with E-state index in [-0.39, 0.29) is 0 Å². The predicted octanol–water partition coefficient (Wildman–Crippen LogP) is 0.491. The van der Waals surface area contributed by atoms with Crippen LogP contribution < -0.4 is 4.65 Å². The van der Waals surface area contributed by atoms with Crippen molar-refractivity contribution in [2.45, 2.75) is 39.3 Å². The Balaban J connectivity index is 3.24. The highest BCUT2D eigenvalue weighted by Crippen LogP contribution is 2.27. The van der Waals surface area contributed by atoms with Gasteiger partial charge in [0.2, 0.25) is 19.7 Å². The van der Waals surface area contributed by atoms with Crippen LogP contribution in [0.1, 0.15) is 0 Å². The summed E-state index contributed by atoms with van der Waals surface area (Å²) < 4.78 is 14.4. The van der Waals surface area contributed by atoms with Crippen molar-refractivity contribution in [1.82, 2.24) is 21.6 Å². The summed E-state index contributed by atoms with van der Waals surface area (Å²) in [5, 5.41) is 0. The van der Waals surface area contributed by atoms with E-state index < -0.39 is 25.2 Å². The molecule has 116 valence electrons. The van der Waals surface area contributed by atoms with Crippen LogP contribution in [0.25, 0.3) is 0 Å². The van der Waals surface area contributed by atoms with Crippen molar-refractivity contribution in [3.63, 3.8) is 0 Å². The average molecular weight is 362 g/mol. The predicted molar refractivity (Wildman–Crippen MR) is 98.1 cm³/mol. The molecule has 0 spiro atoms. The van der Waals surface area contributed by atoms with E-state index in [1.54, 1.807) is 0 Å². The van der Waals surface area contributed by atoms with Crippen molar-refractivity contribution < 1.29 is 0 Å². The number of nitrogens with one attached hydrogen (secondary N) is 1. The van der Waals surface area contributed by atoms with E-state index in [1.807, 2.05) is 0 Å². The van der Waals surface area contributed by atoms with Gasteiger partial charge in [-0.25, -0.2) is 0 Å². The van der Waals surface area contributed by atoms with Gasteiger partial charge in [-0.15, -0.1) is 0 Å². The zero-order valence-electron chi connectivity index (χ0n) is 14.8. The van der Waals surface area contributed by atoms with Crippen LogP contribution >= 0.6 is 0 Å². The van der Waals surface area contributed by atoms with Crippen LogP contribution in [-0.2, 0) is 0 Å². The summed E-state index contributed by atoms with van der Waals surface area (Å²) in [6, 6.07) is 0. The van der Waals surface area contributed by atoms with Gasteiger partial charge in [-0.1, -0.05) is 0 Å². The monoisotopic (exact) mass is 361 g/mol. The second-order valence-corrected chi connectivity index (χ2v) is 24.6. The van der Waals surface area contributed by atoms with E-state index in [2.05, 4.69) is 89.0 Å². The zero-order chi connectivity index (χ0) is 15.9. The van der Waals surface area contributed by atoms with E-state index in [1.165, 1.54) is 0 Å². The molecule has 4 radical (unpaired) electrons. The smallest absolute Gasteiger partial charge is 0.234 e. The normalized spacial score (nSPS) is 30.3. The molecular formula is C10H31N5Si5. The molecule has 1 rings (SSSR count). The van der Waals surface area contributed by atoms with Gasteiger partial charge in [-0.3, -0.25) is 0 Å². The number of hydrogen-bond donors (Lipinski definition) is 1. The molecule has 0 aromatic rings. The third kappa shape index (κ3) is 3.28. The third-order valence-corrected chi connectivity index (χ3v) is 27.3. The van der Waals surface area contributed by atoms with Gasteiger partial charge in [0, 0.05) is 0 Å². The van der Waals surface area contributed by atoms with Gasteiger partial charge in [0.15, 0.2) is 25.2 Å². The highest BCUT2D eigenvalue weighted by molar-refractivity contribution is 6.97. The maximum absolute atomic E-state index is 3.67. The van der Waals surface area contributed by atoms with Gasteiger partial charge in [0.25, 0.3) is 0 Å². The Morgan fingerprint density at radius 2 is 0.900 bits per heavy atom. The van der Waals surface area contributed by atoms with Crippen LogP contribution in [0.2, 0.25) is 39.3 Å². The van der Waals surface area contributed by atoms with E-state index in [0.29, 0.717) is 0 Å². The van der Waals surface area contributed by atoms with Crippen molar-refractivity contribution >= 4 is 44.9 Å². The van der Waals surface area contributed by atoms with E-state index in [9.17, 15) is 0 Å². The maximum atomic E-state index is 3.67. The van der Waals surface area contributed by atoms with Gasteiger partial charge in [0.1, 0.15) is 0 Å². The second kappa shape index (κ2) is 6.18. The van der Waals surface area contributed by atoms with Crippen molar-refractivity contribution in [1.29, 1.82) is 0 Å². The lowest BCUT2D eigenvalue weighted by atomic mass is 11.5. The minimum atomic E-state index is -1.60. The Bertz CT molecular complexity index is 321. The summed E-state index contributed by atoms with van der Waals surface area (Å²) in [6.07, 6.45) is 0. The lowest BCUT2D eigenvalue weighted by Gasteiger charge is -2.57. The zero-order valence-corrected chi connectivity index (χ0v) is 19.8. The maximum Gasteiger partial charge on any atom is 0.234 e. The molecule has 1 heterocycles. The fourth-order valence-electron chi connectivity index (χ4n) is 2.48. The fourth-order valence-corrected chi connectivity index (χ4v) is 22.9. The molecule has 10 heteroatoms. The number of hydrogen-bond acceptors (Lipinski definition) is 5. The molecule has 0 atom stereocenters. The Hall–Kier alpha value is 0.884. The van der Waals surface area contributed by atoms with Crippen molar-refractivity contribution in [2.24, 2.45) is 0 Å². The molecule has 1 fully saturated rings. The first-order valence-corrected chi connectivity index (χ1v) is 17.7. The lowest BCUT2D eigenvalue weighted by molar-refractivity contribution is 0.540. The molecule has 0 amide bonds. The highest BCUT2D eigenvalue weighted by atomic mass is 28.5. The molecule has 1 aliphatic heterocycles. The van der Waals surface area contributed by atoms with Crippen LogP contribution in [0.5, 0.6) is 0 Å². The molecule has 0 aromatic heterocycles. The summed E-state index contributed by atoms with van der Waals surface area (Å²) in [4.78, 5) is 0. The number of rotatable bonds is 0. The molecule has 1 saturated heterocycles. The van der Waals surface area contributed by atoms with Crippen LogP contribution in [-0.4, -0.2) is 90.0 Å². The average Bonchev–Trinajstić information content (AvgIpc) is 2.35. The molecule has 0 aliphatic carbocycles. The van der Waals surface area contributed by atoms with Gasteiger partial charge < -0.3 is 21.6 Å². The van der Waals surface area contributed by atoms with E-state index in [4.69, 9.17) is 0 Å². The van der Waals surface area contributed by atoms with Gasteiger partial charge >= 0.3 is 0 Å². The molecular weight excluding hydrogens is 331 g/mol. The molecule has 1 N–H and O–H groups in total. The first-order chi connectivity index (χ1) is 8.86. The first-order valence-electron chi connectivity index (χ1n) is 7.08. The van der Waals surface area contributed by atoms with E-state index >= 15 is 0 Å². The summed E-state index contributed by atoms with van der Waals surface area (Å²) in [6.45, 7) is 14.9. The van der Waals surface area contributed by atoms with Crippen molar-refractivity contribution in [2.75, 3.05) is 28.2 Å². The van der Waals surface area contributed by atoms with Gasteiger partial charge in [0.05, 0.1) is 0 Å². The molecule has 5 nitrogen and oxygen atoms in total. The largest absolute Gasteiger partial charge is 0.337 e. The molecule has 20 heavy (non-hydrogen) atoms. The Morgan fingerprint density at radius 3 is 1.20 bits per heavy atom. The number of nitrogens with zero attached hydrogens (tertiary/aromatic N) is 4. The van der Waals surface area contributed by atoms with Crippen LogP contribution in [0.4, 0.5) is 0 Å². The van der Waals surface area contributed by atoms with Crippen LogP contribution in [0.15, 0.2) is 0 Å². The summed E-state index contributed by atoms with van der Waals surface area (Å²) in [5.74, 6) is 0. The quantitative estimate of drug-likeness (QED) is 0.633. The van der Waals surface area contributed by atoms with E-state index in [0.717, 1.165) is 19.7 Å². The lowest BCUT2D eigenvalue weighted by Crippen LogP contribution is -2.80. The van der Waals surface area contributed by atoms with Gasteiger partial charge in [-0.2, -0.15) is 0 Å². The molecule has 0 saturated carbocycles. The molecule has 0 bridgehead atoms. The Kier molecular flexibility index (Phi) is 5.85. The van der Waals surface area contributed by atoms with Crippen LogP contribution in [0.3, 0.4) is 0 Å². The summed E-state index contributed by atoms with van der Waals surface area (Å²) in [5.41, 5.74) is 0. The third-order valence-electron chi connectivity index (χ3n) is 5.37. The minimum absolute atomic E-state index is 0.724. The van der Waals surface area contributed by atoms with Crippen molar-refractivity contribution in [3.8, 4) is 0 Å². The molecule has 0 aromatic carbocycles. The van der Waals surface area contributed by atoms with Gasteiger partial charge in [-0.05, 0) is 67.5 Å². The molecule has 1 aliphatic rings. The summed E-state index contributed by atoms with van der Waals surface area (Å²) in [7, 11) is 6.05. The topological polar surface area (TPSA) is 25.0 Å². The second-order valence-electron chi connectivity index (χ2n) is 7.07. The molecule has 0 unspecified atom stereocenters.